The number of rotatable bonds is 3. The summed E-state index contributed by atoms with van der Waals surface area (Å²) in [4.78, 5) is 16.7. The Balaban J connectivity index is 2.08. The number of benzene rings is 1. The van der Waals surface area contributed by atoms with E-state index in [0.717, 1.165) is 17.7 Å². The fourth-order valence-corrected chi connectivity index (χ4v) is 2.63. The van der Waals surface area contributed by atoms with Gasteiger partial charge >= 0.3 is 5.97 Å². The van der Waals surface area contributed by atoms with Crippen LogP contribution in [0.4, 0.5) is 0 Å². The molecule has 114 valence electrons. The van der Waals surface area contributed by atoms with Crippen LogP contribution in [-0.4, -0.2) is 24.3 Å². The van der Waals surface area contributed by atoms with Crippen LogP contribution >= 0.6 is 0 Å². The van der Waals surface area contributed by atoms with Gasteiger partial charge in [-0.2, -0.15) is 0 Å². The molecule has 1 aliphatic heterocycles. The molecule has 0 aromatic heterocycles. The first-order valence-corrected chi connectivity index (χ1v) is 7.51. The Bertz CT molecular complexity index is 538. The Labute approximate surface area is 127 Å². The Morgan fingerprint density at radius 1 is 1.29 bits per heavy atom. The van der Waals surface area contributed by atoms with Crippen molar-refractivity contribution in [1.82, 2.24) is 0 Å². The molecule has 1 unspecified atom stereocenters. The predicted octanol–water partition coefficient (Wildman–Crippen LogP) is 3.86. The van der Waals surface area contributed by atoms with Gasteiger partial charge in [0, 0.05) is 11.1 Å². The zero-order valence-electron chi connectivity index (χ0n) is 13.6. The Morgan fingerprint density at radius 3 is 2.48 bits per heavy atom. The molecule has 0 radical (unpaired) electrons. The number of carbonyl (C=O) groups is 1. The van der Waals surface area contributed by atoms with Crippen molar-refractivity contribution in [3.8, 4) is 0 Å². The van der Waals surface area contributed by atoms with Crippen molar-refractivity contribution in [3.63, 3.8) is 0 Å². The van der Waals surface area contributed by atoms with Gasteiger partial charge in [0.25, 0.3) is 0 Å². The average Bonchev–Trinajstić information content (AvgIpc) is 2.71. The molecule has 3 nitrogen and oxygen atoms in total. The summed E-state index contributed by atoms with van der Waals surface area (Å²) in [7, 11) is 0. The highest BCUT2D eigenvalue weighted by Gasteiger charge is 2.36. The second-order valence-corrected chi connectivity index (χ2v) is 7.43. The molecule has 0 amide bonds. The lowest BCUT2D eigenvalue weighted by Gasteiger charge is -2.21. The van der Waals surface area contributed by atoms with Crippen molar-refractivity contribution < 1.29 is 9.53 Å². The minimum Gasteiger partial charge on any atom is -0.463 e. The van der Waals surface area contributed by atoms with Gasteiger partial charge in [-0.25, -0.2) is 0 Å². The number of esters is 1. The lowest BCUT2D eigenvalue weighted by atomic mass is 9.81. The summed E-state index contributed by atoms with van der Waals surface area (Å²) in [5.41, 5.74) is 1.83. The van der Waals surface area contributed by atoms with Gasteiger partial charge in [-0.1, -0.05) is 44.2 Å². The smallest absolute Gasteiger partial charge is 0.311 e. The van der Waals surface area contributed by atoms with Gasteiger partial charge in [0.1, 0.15) is 6.61 Å². The van der Waals surface area contributed by atoms with Crippen molar-refractivity contribution in [2.75, 3.05) is 6.61 Å². The average molecular weight is 287 g/mol. The zero-order chi connectivity index (χ0) is 15.7. The highest BCUT2D eigenvalue weighted by molar-refractivity contribution is 6.05. The van der Waals surface area contributed by atoms with Crippen LogP contribution in [0, 0.1) is 10.8 Å². The highest BCUT2D eigenvalue weighted by atomic mass is 16.5. The van der Waals surface area contributed by atoms with Gasteiger partial charge in [0.15, 0.2) is 0 Å². The number of hydrogen-bond acceptors (Lipinski definition) is 3. The molecule has 0 saturated heterocycles. The Morgan fingerprint density at radius 2 is 1.90 bits per heavy atom. The maximum Gasteiger partial charge on any atom is 0.311 e. The van der Waals surface area contributed by atoms with Crippen LogP contribution in [-0.2, 0) is 9.53 Å². The monoisotopic (exact) mass is 287 g/mol. The molecule has 0 aliphatic carbocycles. The largest absolute Gasteiger partial charge is 0.463 e. The summed E-state index contributed by atoms with van der Waals surface area (Å²) in [6.45, 7) is 10.4. The van der Waals surface area contributed by atoms with E-state index in [1.165, 1.54) is 0 Å². The number of ether oxygens (including phenoxy) is 1. The van der Waals surface area contributed by atoms with Crippen LogP contribution in [0.2, 0.25) is 0 Å². The van der Waals surface area contributed by atoms with Crippen LogP contribution in [0.25, 0.3) is 0 Å². The minimum absolute atomic E-state index is 0.0140. The normalized spacial score (nSPS) is 21.0. The lowest BCUT2D eigenvalue weighted by Crippen LogP contribution is -2.27. The van der Waals surface area contributed by atoms with E-state index in [4.69, 9.17) is 9.73 Å². The van der Waals surface area contributed by atoms with Gasteiger partial charge in [0.05, 0.1) is 11.5 Å². The highest BCUT2D eigenvalue weighted by Crippen LogP contribution is 2.35. The molecule has 1 heterocycles. The molecule has 2 rings (SSSR count). The molecular weight excluding hydrogens is 262 g/mol. The second kappa shape index (κ2) is 5.63. The molecule has 0 N–H and O–H groups in total. The van der Waals surface area contributed by atoms with E-state index >= 15 is 0 Å². The molecule has 1 aromatic carbocycles. The third-order valence-corrected chi connectivity index (χ3v) is 3.77. The quantitative estimate of drug-likeness (QED) is 0.792. The van der Waals surface area contributed by atoms with Crippen LogP contribution in [0.15, 0.2) is 35.3 Å². The molecule has 1 aromatic rings. The summed E-state index contributed by atoms with van der Waals surface area (Å²) in [6.07, 6.45) is 0.911. The zero-order valence-corrected chi connectivity index (χ0v) is 13.6. The van der Waals surface area contributed by atoms with Crippen LogP contribution < -0.4 is 0 Å². The molecular formula is C18H25NO2. The molecule has 21 heavy (non-hydrogen) atoms. The maximum absolute atomic E-state index is 11.9. The first kappa shape index (κ1) is 15.7. The second-order valence-electron chi connectivity index (χ2n) is 7.43. The first-order chi connectivity index (χ1) is 9.70. The number of hydrogen-bond donors (Lipinski definition) is 0. The number of nitrogens with zero attached hydrogens (tertiary/aromatic N) is 1. The molecule has 1 aliphatic rings. The first-order valence-electron chi connectivity index (χ1n) is 7.51. The Kier molecular flexibility index (Phi) is 4.22. The van der Waals surface area contributed by atoms with Gasteiger partial charge < -0.3 is 4.74 Å². The maximum atomic E-state index is 11.9. The van der Waals surface area contributed by atoms with E-state index in [-0.39, 0.29) is 17.4 Å². The molecule has 0 spiro atoms. The van der Waals surface area contributed by atoms with Crippen molar-refractivity contribution >= 4 is 11.7 Å². The summed E-state index contributed by atoms with van der Waals surface area (Å²) in [5, 5.41) is 0. The number of aliphatic imine (C=N–C) groups is 1. The summed E-state index contributed by atoms with van der Waals surface area (Å²) < 4.78 is 5.42. The summed E-state index contributed by atoms with van der Waals surface area (Å²) in [5.74, 6) is -0.163. The van der Waals surface area contributed by atoms with Gasteiger partial charge in [-0.15, -0.1) is 0 Å². The van der Waals surface area contributed by atoms with Crippen LogP contribution in [0.5, 0.6) is 0 Å². The van der Waals surface area contributed by atoms with E-state index in [1.807, 2.05) is 39.0 Å². The topological polar surface area (TPSA) is 38.7 Å². The lowest BCUT2D eigenvalue weighted by molar-refractivity contribution is -0.153. The minimum atomic E-state index is -0.458. The third-order valence-electron chi connectivity index (χ3n) is 3.77. The van der Waals surface area contributed by atoms with Crippen molar-refractivity contribution in [3.05, 3.63) is 35.9 Å². The summed E-state index contributed by atoms with van der Waals surface area (Å²) in [6, 6.07) is 10.3. The van der Waals surface area contributed by atoms with Gasteiger partial charge in [-0.3, -0.25) is 9.79 Å². The van der Waals surface area contributed by atoms with Crippen molar-refractivity contribution in [2.45, 2.75) is 47.1 Å². The van der Waals surface area contributed by atoms with Gasteiger partial charge in [-0.05, 0) is 32.8 Å². The van der Waals surface area contributed by atoms with E-state index < -0.39 is 5.41 Å². The van der Waals surface area contributed by atoms with Crippen molar-refractivity contribution in [1.29, 1.82) is 0 Å². The van der Waals surface area contributed by atoms with Crippen LogP contribution in [0.1, 0.15) is 46.6 Å². The standard InChI is InChI=1S/C18H25NO2/c1-17(2,3)16(20)21-12-14-11-18(4,5)15(19-14)13-9-7-6-8-10-13/h6-10,14H,11-12H2,1-5H3. The predicted molar refractivity (Wildman–Crippen MR) is 85.6 cm³/mol. The molecule has 0 fully saturated rings. The molecule has 1 atom stereocenters. The van der Waals surface area contributed by atoms with E-state index in [9.17, 15) is 4.79 Å². The van der Waals surface area contributed by atoms with E-state index in [1.54, 1.807) is 0 Å². The van der Waals surface area contributed by atoms with E-state index in [0.29, 0.717) is 6.61 Å². The number of carbonyl (C=O) groups excluding carboxylic acids is 1. The molecule has 0 saturated carbocycles. The fraction of sp³-hybridized carbons (Fsp3) is 0.556. The SMILES string of the molecule is CC(C)(C)C(=O)OCC1CC(C)(C)C(c2ccccc2)=N1. The third kappa shape index (κ3) is 3.72. The fourth-order valence-electron chi connectivity index (χ4n) is 2.63. The Hall–Kier alpha value is -1.64. The molecule has 0 bridgehead atoms. The van der Waals surface area contributed by atoms with Crippen molar-refractivity contribution in [2.24, 2.45) is 15.8 Å². The van der Waals surface area contributed by atoms with Gasteiger partial charge in [0.2, 0.25) is 0 Å². The van der Waals surface area contributed by atoms with E-state index in [2.05, 4.69) is 26.0 Å². The molecule has 3 heteroatoms. The van der Waals surface area contributed by atoms with Crippen LogP contribution in [0.3, 0.4) is 0 Å². The summed E-state index contributed by atoms with van der Waals surface area (Å²) >= 11 is 0.